The van der Waals surface area contributed by atoms with E-state index in [1.807, 2.05) is 12.1 Å². The Balaban J connectivity index is 1.79. The van der Waals surface area contributed by atoms with Gasteiger partial charge in [0.25, 0.3) is 0 Å². The van der Waals surface area contributed by atoms with E-state index in [1.54, 1.807) is 12.4 Å². The van der Waals surface area contributed by atoms with Gasteiger partial charge >= 0.3 is 0 Å². The molecule has 1 heterocycles. The second-order valence-corrected chi connectivity index (χ2v) is 4.02. The summed E-state index contributed by atoms with van der Waals surface area (Å²) in [6, 6.07) is 7.52. The lowest BCUT2D eigenvalue weighted by Crippen LogP contribution is -2.17. The molecule has 0 aliphatic rings. The molecule has 4 heteroatoms. The molecular formula is C14H14F2N2. The van der Waals surface area contributed by atoms with E-state index in [0.717, 1.165) is 19.0 Å². The number of pyridine rings is 1. The number of hydrogen-bond acceptors (Lipinski definition) is 2. The molecule has 0 unspecified atom stereocenters. The Hall–Kier alpha value is -1.81. The van der Waals surface area contributed by atoms with Crippen LogP contribution in [-0.4, -0.2) is 11.5 Å². The highest BCUT2D eigenvalue weighted by molar-refractivity contribution is 5.18. The third-order valence-electron chi connectivity index (χ3n) is 2.67. The second-order valence-electron chi connectivity index (χ2n) is 4.02. The highest BCUT2D eigenvalue weighted by atomic mass is 19.1. The first-order valence-electron chi connectivity index (χ1n) is 5.79. The predicted molar refractivity (Wildman–Crippen MR) is 66.0 cm³/mol. The van der Waals surface area contributed by atoms with Crippen LogP contribution in [0, 0.1) is 11.6 Å². The van der Waals surface area contributed by atoms with Crippen molar-refractivity contribution in [3.8, 4) is 0 Å². The number of rotatable bonds is 5. The topological polar surface area (TPSA) is 24.9 Å². The fraction of sp³-hybridized carbons (Fsp3) is 0.214. The van der Waals surface area contributed by atoms with E-state index in [1.165, 1.54) is 17.7 Å². The first kappa shape index (κ1) is 12.6. The van der Waals surface area contributed by atoms with Gasteiger partial charge in [-0.2, -0.15) is 0 Å². The third-order valence-corrected chi connectivity index (χ3v) is 2.67. The summed E-state index contributed by atoms with van der Waals surface area (Å²) in [5.41, 5.74) is 1.66. The van der Waals surface area contributed by atoms with Gasteiger partial charge in [0, 0.05) is 30.6 Å². The molecular weight excluding hydrogens is 234 g/mol. The van der Waals surface area contributed by atoms with Gasteiger partial charge < -0.3 is 5.32 Å². The van der Waals surface area contributed by atoms with Gasteiger partial charge in [0.2, 0.25) is 0 Å². The molecule has 0 amide bonds. The molecule has 1 aromatic heterocycles. The van der Waals surface area contributed by atoms with Gasteiger partial charge in [-0.3, -0.25) is 4.98 Å². The van der Waals surface area contributed by atoms with Crippen molar-refractivity contribution in [2.24, 2.45) is 0 Å². The summed E-state index contributed by atoms with van der Waals surface area (Å²) < 4.78 is 26.0. The van der Waals surface area contributed by atoms with Gasteiger partial charge in [0.05, 0.1) is 0 Å². The number of nitrogens with one attached hydrogen (secondary N) is 1. The van der Waals surface area contributed by atoms with Gasteiger partial charge in [0.15, 0.2) is 0 Å². The Morgan fingerprint density at radius 3 is 2.56 bits per heavy atom. The van der Waals surface area contributed by atoms with Crippen molar-refractivity contribution in [3.63, 3.8) is 0 Å². The van der Waals surface area contributed by atoms with E-state index < -0.39 is 11.6 Å². The van der Waals surface area contributed by atoms with E-state index in [0.29, 0.717) is 12.1 Å². The summed E-state index contributed by atoms with van der Waals surface area (Å²) in [6.07, 6.45) is 4.34. The maximum absolute atomic E-state index is 13.3. The zero-order chi connectivity index (χ0) is 12.8. The van der Waals surface area contributed by atoms with Crippen LogP contribution in [0.15, 0.2) is 42.7 Å². The molecule has 0 aliphatic heterocycles. The van der Waals surface area contributed by atoms with Crippen molar-refractivity contribution < 1.29 is 8.78 Å². The van der Waals surface area contributed by atoms with Gasteiger partial charge in [-0.15, -0.1) is 0 Å². The first-order chi connectivity index (χ1) is 8.75. The van der Waals surface area contributed by atoms with Crippen molar-refractivity contribution in [2.75, 3.05) is 6.54 Å². The normalized spacial score (nSPS) is 10.6. The van der Waals surface area contributed by atoms with Crippen LogP contribution in [-0.2, 0) is 13.0 Å². The molecule has 0 radical (unpaired) electrons. The van der Waals surface area contributed by atoms with Crippen LogP contribution in [0.3, 0.4) is 0 Å². The van der Waals surface area contributed by atoms with Crippen LogP contribution >= 0.6 is 0 Å². The molecule has 0 spiro atoms. The van der Waals surface area contributed by atoms with Crippen LogP contribution in [0.1, 0.15) is 11.1 Å². The van der Waals surface area contributed by atoms with E-state index in [-0.39, 0.29) is 0 Å². The third kappa shape index (κ3) is 3.60. The van der Waals surface area contributed by atoms with Crippen molar-refractivity contribution in [2.45, 2.75) is 13.0 Å². The minimum Gasteiger partial charge on any atom is -0.312 e. The summed E-state index contributed by atoms with van der Waals surface area (Å²) in [6.45, 7) is 1.14. The highest BCUT2D eigenvalue weighted by Gasteiger charge is 2.02. The maximum Gasteiger partial charge on any atom is 0.130 e. The van der Waals surface area contributed by atoms with E-state index >= 15 is 0 Å². The van der Waals surface area contributed by atoms with Crippen molar-refractivity contribution in [3.05, 3.63) is 65.5 Å². The van der Waals surface area contributed by atoms with Gasteiger partial charge in [-0.05, 0) is 36.7 Å². The zero-order valence-corrected chi connectivity index (χ0v) is 9.87. The Bertz CT molecular complexity index is 500. The molecule has 1 aromatic carbocycles. The lowest BCUT2D eigenvalue weighted by atomic mass is 10.2. The molecule has 0 bridgehead atoms. The number of nitrogens with zero attached hydrogens (tertiary/aromatic N) is 1. The monoisotopic (exact) mass is 248 g/mol. The summed E-state index contributed by atoms with van der Waals surface area (Å²) in [5.74, 6) is -1.06. The number of hydrogen-bond donors (Lipinski definition) is 1. The van der Waals surface area contributed by atoms with Gasteiger partial charge in [0.1, 0.15) is 11.6 Å². The van der Waals surface area contributed by atoms with Gasteiger partial charge in [-0.25, -0.2) is 8.78 Å². The van der Waals surface area contributed by atoms with Crippen LogP contribution in [0.25, 0.3) is 0 Å². The maximum atomic E-state index is 13.3. The van der Waals surface area contributed by atoms with E-state index in [2.05, 4.69) is 10.3 Å². The predicted octanol–water partition coefficient (Wildman–Crippen LogP) is 2.69. The van der Waals surface area contributed by atoms with E-state index in [9.17, 15) is 8.78 Å². The molecule has 18 heavy (non-hydrogen) atoms. The standard InChI is InChI=1S/C14H14F2N2/c15-13-2-1-12(14(16)9-13)10-18-8-5-11-3-6-17-7-4-11/h1-4,6-7,9,18H,5,8,10H2. The van der Waals surface area contributed by atoms with Crippen LogP contribution in [0.2, 0.25) is 0 Å². The molecule has 1 N–H and O–H groups in total. The van der Waals surface area contributed by atoms with Gasteiger partial charge in [-0.1, -0.05) is 6.07 Å². The summed E-state index contributed by atoms with van der Waals surface area (Å²) >= 11 is 0. The lowest BCUT2D eigenvalue weighted by molar-refractivity contribution is 0.560. The Morgan fingerprint density at radius 1 is 1.06 bits per heavy atom. The Morgan fingerprint density at radius 2 is 1.83 bits per heavy atom. The zero-order valence-electron chi connectivity index (χ0n) is 9.87. The Labute approximate surface area is 105 Å². The van der Waals surface area contributed by atoms with Crippen molar-refractivity contribution in [1.29, 1.82) is 0 Å². The minimum atomic E-state index is -0.548. The quantitative estimate of drug-likeness (QED) is 0.823. The molecule has 0 saturated carbocycles. The molecule has 0 fully saturated rings. The molecule has 0 aliphatic carbocycles. The average Bonchev–Trinajstić information content (AvgIpc) is 2.38. The van der Waals surface area contributed by atoms with Crippen LogP contribution in [0.4, 0.5) is 8.78 Å². The lowest BCUT2D eigenvalue weighted by Gasteiger charge is -2.06. The SMILES string of the molecule is Fc1ccc(CNCCc2ccncc2)c(F)c1. The molecule has 2 nitrogen and oxygen atoms in total. The molecule has 94 valence electrons. The number of benzene rings is 1. The fourth-order valence-electron chi connectivity index (χ4n) is 1.67. The van der Waals surface area contributed by atoms with Crippen LogP contribution in [0.5, 0.6) is 0 Å². The summed E-state index contributed by atoms with van der Waals surface area (Å²) in [5, 5.41) is 3.13. The molecule has 0 atom stereocenters. The molecule has 2 rings (SSSR count). The second kappa shape index (κ2) is 6.21. The Kier molecular flexibility index (Phi) is 4.36. The molecule has 0 saturated heterocycles. The first-order valence-corrected chi connectivity index (χ1v) is 5.79. The van der Waals surface area contributed by atoms with Crippen molar-refractivity contribution in [1.82, 2.24) is 10.3 Å². The smallest absolute Gasteiger partial charge is 0.130 e. The fourth-order valence-corrected chi connectivity index (χ4v) is 1.67. The molecule has 2 aromatic rings. The van der Waals surface area contributed by atoms with Crippen molar-refractivity contribution >= 4 is 0 Å². The average molecular weight is 248 g/mol. The summed E-state index contributed by atoms with van der Waals surface area (Å²) in [4.78, 5) is 3.94. The summed E-state index contributed by atoms with van der Waals surface area (Å²) in [7, 11) is 0. The minimum absolute atomic E-state index is 0.400. The number of halogens is 2. The highest BCUT2D eigenvalue weighted by Crippen LogP contribution is 2.09. The van der Waals surface area contributed by atoms with E-state index in [4.69, 9.17) is 0 Å². The largest absolute Gasteiger partial charge is 0.312 e. The van der Waals surface area contributed by atoms with Crippen LogP contribution < -0.4 is 5.32 Å². The number of aromatic nitrogens is 1.